The second kappa shape index (κ2) is 6.49. The Labute approximate surface area is 137 Å². The molecule has 0 aromatic carbocycles. The van der Waals surface area contributed by atoms with E-state index in [4.69, 9.17) is 5.11 Å². The van der Waals surface area contributed by atoms with E-state index >= 15 is 0 Å². The highest BCUT2D eigenvalue weighted by Crippen LogP contribution is 2.21. The van der Waals surface area contributed by atoms with Crippen molar-refractivity contribution in [3.63, 3.8) is 0 Å². The zero-order chi connectivity index (χ0) is 17.1. The number of nitro groups is 1. The van der Waals surface area contributed by atoms with Crippen LogP contribution in [0.5, 0.6) is 0 Å². The topological polar surface area (TPSA) is 121 Å². The molecule has 1 fully saturated rings. The Morgan fingerprint density at radius 2 is 2.21 bits per heavy atom. The zero-order valence-corrected chi connectivity index (χ0v) is 12.6. The number of anilines is 2. The summed E-state index contributed by atoms with van der Waals surface area (Å²) in [6, 6.07) is 7.99. The molecule has 24 heavy (non-hydrogen) atoms. The number of carbonyl (C=O) groups is 1. The number of rotatable bonds is 5. The SMILES string of the molecule is O=C(O)c1cccc(N2CCC(Nc3ccc([N+](=O)[O-])cn3)C2)n1. The van der Waals surface area contributed by atoms with E-state index in [1.165, 1.54) is 18.3 Å². The summed E-state index contributed by atoms with van der Waals surface area (Å²) in [6.07, 6.45) is 2.05. The van der Waals surface area contributed by atoms with E-state index in [1.807, 2.05) is 4.90 Å². The number of hydrogen-bond acceptors (Lipinski definition) is 7. The first-order chi connectivity index (χ1) is 11.5. The molecule has 2 N–H and O–H groups in total. The van der Waals surface area contributed by atoms with Crippen molar-refractivity contribution in [3.8, 4) is 0 Å². The van der Waals surface area contributed by atoms with E-state index in [2.05, 4.69) is 15.3 Å². The predicted molar refractivity (Wildman–Crippen MR) is 86.3 cm³/mol. The van der Waals surface area contributed by atoms with Gasteiger partial charge in [0.25, 0.3) is 5.69 Å². The summed E-state index contributed by atoms with van der Waals surface area (Å²) in [5.41, 5.74) is -0.0378. The smallest absolute Gasteiger partial charge is 0.354 e. The molecule has 2 aromatic heterocycles. The lowest BCUT2D eigenvalue weighted by Gasteiger charge is -2.18. The maximum atomic E-state index is 11.0. The van der Waals surface area contributed by atoms with Crippen molar-refractivity contribution in [2.45, 2.75) is 12.5 Å². The highest BCUT2D eigenvalue weighted by Gasteiger charge is 2.24. The second-order valence-corrected chi connectivity index (χ2v) is 5.42. The van der Waals surface area contributed by atoms with E-state index in [9.17, 15) is 14.9 Å². The van der Waals surface area contributed by atoms with E-state index in [-0.39, 0.29) is 17.4 Å². The van der Waals surface area contributed by atoms with Crippen LogP contribution < -0.4 is 10.2 Å². The van der Waals surface area contributed by atoms with Crippen molar-refractivity contribution >= 4 is 23.3 Å². The number of hydrogen-bond donors (Lipinski definition) is 2. The number of carboxylic acid groups (broad SMARTS) is 1. The van der Waals surface area contributed by atoms with Gasteiger partial charge in [0.15, 0.2) is 5.69 Å². The van der Waals surface area contributed by atoms with Crippen molar-refractivity contribution in [2.75, 3.05) is 23.3 Å². The summed E-state index contributed by atoms with van der Waals surface area (Å²) in [5.74, 6) is 0.136. The van der Waals surface area contributed by atoms with Crippen LogP contribution in [0, 0.1) is 10.1 Å². The van der Waals surface area contributed by atoms with Gasteiger partial charge in [-0.15, -0.1) is 0 Å². The van der Waals surface area contributed by atoms with Crippen LogP contribution in [-0.2, 0) is 0 Å². The Hall–Kier alpha value is -3.23. The Morgan fingerprint density at radius 3 is 2.88 bits per heavy atom. The van der Waals surface area contributed by atoms with Crippen molar-refractivity contribution in [3.05, 3.63) is 52.3 Å². The Bertz CT molecular complexity index is 765. The van der Waals surface area contributed by atoms with E-state index < -0.39 is 10.9 Å². The lowest BCUT2D eigenvalue weighted by atomic mass is 10.2. The van der Waals surface area contributed by atoms with Gasteiger partial charge in [0, 0.05) is 25.2 Å². The molecule has 124 valence electrons. The van der Waals surface area contributed by atoms with Crippen LogP contribution in [0.15, 0.2) is 36.5 Å². The fourth-order valence-corrected chi connectivity index (χ4v) is 2.59. The largest absolute Gasteiger partial charge is 0.477 e. The molecule has 0 aliphatic carbocycles. The molecular weight excluding hydrogens is 314 g/mol. The lowest BCUT2D eigenvalue weighted by molar-refractivity contribution is -0.385. The number of pyridine rings is 2. The first-order valence-electron chi connectivity index (χ1n) is 7.35. The van der Waals surface area contributed by atoms with Crippen LogP contribution in [0.25, 0.3) is 0 Å². The minimum absolute atomic E-state index is 0.0148. The van der Waals surface area contributed by atoms with Gasteiger partial charge in [0.05, 0.1) is 4.92 Å². The summed E-state index contributed by atoms with van der Waals surface area (Å²) in [6.45, 7) is 1.38. The minimum atomic E-state index is -1.05. The van der Waals surface area contributed by atoms with Gasteiger partial charge in [0.2, 0.25) is 0 Å². The van der Waals surface area contributed by atoms with Crippen LogP contribution in [0.3, 0.4) is 0 Å². The molecule has 0 bridgehead atoms. The molecule has 9 nitrogen and oxygen atoms in total. The first kappa shape index (κ1) is 15.7. The summed E-state index contributed by atoms with van der Waals surface area (Å²) in [5, 5.41) is 22.9. The maximum absolute atomic E-state index is 11.0. The fraction of sp³-hybridized carbons (Fsp3) is 0.267. The van der Waals surface area contributed by atoms with Gasteiger partial charge in [-0.25, -0.2) is 14.8 Å². The molecule has 1 unspecified atom stereocenters. The predicted octanol–water partition coefficient (Wildman–Crippen LogP) is 1.77. The summed E-state index contributed by atoms with van der Waals surface area (Å²) in [7, 11) is 0. The van der Waals surface area contributed by atoms with Crippen LogP contribution in [-0.4, -0.2) is 45.1 Å². The second-order valence-electron chi connectivity index (χ2n) is 5.42. The zero-order valence-electron chi connectivity index (χ0n) is 12.6. The number of aromatic nitrogens is 2. The van der Waals surface area contributed by atoms with E-state index in [0.29, 0.717) is 18.2 Å². The summed E-state index contributed by atoms with van der Waals surface area (Å²) in [4.78, 5) is 31.3. The Morgan fingerprint density at radius 1 is 1.38 bits per heavy atom. The van der Waals surface area contributed by atoms with Gasteiger partial charge in [-0.05, 0) is 24.6 Å². The third-order valence-corrected chi connectivity index (χ3v) is 3.78. The van der Waals surface area contributed by atoms with E-state index in [0.717, 1.165) is 13.0 Å². The first-order valence-corrected chi connectivity index (χ1v) is 7.35. The molecule has 3 heterocycles. The minimum Gasteiger partial charge on any atom is -0.477 e. The third kappa shape index (κ3) is 3.40. The third-order valence-electron chi connectivity index (χ3n) is 3.78. The molecule has 0 spiro atoms. The molecular formula is C15H15N5O4. The quantitative estimate of drug-likeness (QED) is 0.629. The van der Waals surface area contributed by atoms with Gasteiger partial charge in [0.1, 0.15) is 17.8 Å². The molecule has 0 radical (unpaired) electrons. The molecule has 3 rings (SSSR count). The van der Waals surface area contributed by atoms with Crippen molar-refractivity contribution in [1.82, 2.24) is 9.97 Å². The van der Waals surface area contributed by atoms with Gasteiger partial charge < -0.3 is 15.3 Å². The normalized spacial score (nSPS) is 16.8. The van der Waals surface area contributed by atoms with Crippen LogP contribution >= 0.6 is 0 Å². The van der Waals surface area contributed by atoms with Crippen LogP contribution in [0.1, 0.15) is 16.9 Å². The Balaban J connectivity index is 1.64. The molecule has 9 heteroatoms. The molecule has 1 aliphatic rings. The van der Waals surface area contributed by atoms with Gasteiger partial charge in [-0.3, -0.25) is 10.1 Å². The Kier molecular flexibility index (Phi) is 4.23. The van der Waals surface area contributed by atoms with Gasteiger partial charge in [-0.2, -0.15) is 0 Å². The van der Waals surface area contributed by atoms with Crippen molar-refractivity contribution in [2.24, 2.45) is 0 Å². The highest BCUT2D eigenvalue weighted by molar-refractivity contribution is 5.85. The highest BCUT2D eigenvalue weighted by atomic mass is 16.6. The number of nitrogens with one attached hydrogen (secondary N) is 1. The molecule has 0 saturated carbocycles. The molecule has 1 atom stereocenters. The van der Waals surface area contributed by atoms with Crippen LogP contribution in [0.2, 0.25) is 0 Å². The number of carboxylic acids is 1. The average molecular weight is 329 g/mol. The maximum Gasteiger partial charge on any atom is 0.354 e. The van der Waals surface area contributed by atoms with Gasteiger partial charge in [-0.1, -0.05) is 6.07 Å². The number of nitrogens with zero attached hydrogens (tertiary/aromatic N) is 4. The monoisotopic (exact) mass is 329 g/mol. The fourth-order valence-electron chi connectivity index (χ4n) is 2.59. The summed E-state index contributed by atoms with van der Waals surface area (Å²) >= 11 is 0. The molecule has 1 saturated heterocycles. The van der Waals surface area contributed by atoms with Crippen molar-refractivity contribution in [1.29, 1.82) is 0 Å². The molecule has 0 amide bonds. The molecule has 2 aromatic rings. The molecule has 1 aliphatic heterocycles. The lowest BCUT2D eigenvalue weighted by Crippen LogP contribution is -2.27. The van der Waals surface area contributed by atoms with Crippen LogP contribution in [0.4, 0.5) is 17.3 Å². The van der Waals surface area contributed by atoms with Crippen molar-refractivity contribution < 1.29 is 14.8 Å². The summed E-state index contributed by atoms with van der Waals surface area (Å²) < 4.78 is 0. The standard InChI is InChI=1S/C15H15N5O4/c21-15(22)12-2-1-3-14(18-12)19-7-6-10(9-19)17-13-5-4-11(8-16-13)20(23)24/h1-5,8,10H,6-7,9H2,(H,16,17)(H,21,22). The number of aromatic carboxylic acids is 1. The van der Waals surface area contributed by atoms with Gasteiger partial charge >= 0.3 is 5.97 Å². The van der Waals surface area contributed by atoms with E-state index in [1.54, 1.807) is 18.2 Å². The average Bonchev–Trinajstić information content (AvgIpc) is 3.04.